The molecule has 0 amide bonds. The molecular weight excluding hydrogens is 184 g/mol. The molecule has 1 saturated carbocycles. The number of carbonyl (C=O) groups is 1. The van der Waals surface area contributed by atoms with Crippen molar-refractivity contribution in [3.05, 3.63) is 11.1 Å². The number of hydrogen-bond acceptors (Lipinski definition) is 1. The molecule has 1 nitrogen and oxygen atoms in total. The van der Waals surface area contributed by atoms with Crippen LogP contribution in [0.15, 0.2) is 11.1 Å². The van der Waals surface area contributed by atoms with Gasteiger partial charge in [-0.25, -0.2) is 0 Å². The molecule has 1 heteroatoms. The van der Waals surface area contributed by atoms with Crippen molar-refractivity contribution in [2.45, 2.75) is 53.4 Å². The minimum absolute atomic E-state index is 0.0628. The number of Topliss-reactive ketones (excluding diaryl/α,β-unsaturated/α-hetero) is 1. The zero-order valence-electron chi connectivity index (χ0n) is 10.4. The maximum absolute atomic E-state index is 11.9. The van der Waals surface area contributed by atoms with E-state index in [-0.39, 0.29) is 5.41 Å². The van der Waals surface area contributed by atoms with E-state index in [0.717, 1.165) is 18.8 Å². The summed E-state index contributed by atoms with van der Waals surface area (Å²) in [6.45, 7) is 8.73. The third-order valence-electron chi connectivity index (χ3n) is 4.51. The molecule has 0 saturated heterocycles. The van der Waals surface area contributed by atoms with Gasteiger partial charge in [0.25, 0.3) is 0 Å². The molecule has 0 aliphatic heterocycles. The van der Waals surface area contributed by atoms with Crippen molar-refractivity contribution < 1.29 is 4.79 Å². The maximum Gasteiger partial charge on any atom is 0.138 e. The lowest BCUT2D eigenvalue weighted by Gasteiger charge is -2.42. The van der Waals surface area contributed by atoms with Gasteiger partial charge in [0.2, 0.25) is 0 Å². The second-order valence-corrected chi connectivity index (χ2v) is 6.20. The molecule has 0 bridgehead atoms. The molecule has 0 spiro atoms. The molecule has 15 heavy (non-hydrogen) atoms. The van der Waals surface area contributed by atoms with E-state index in [4.69, 9.17) is 0 Å². The average molecular weight is 206 g/mol. The smallest absolute Gasteiger partial charge is 0.138 e. The van der Waals surface area contributed by atoms with Crippen LogP contribution in [0.2, 0.25) is 0 Å². The summed E-state index contributed by atoms with van der Waals surface area (Å²) in [5.74, 6) is 1.90. The van der Waals surface area contributed by atoms with Gasteiger partial charge in [0.15, 0.2) is 0 Å². The zero-order valence-corrected chi connectivity index (χ0v) is 10.4. The first kappa shape index (κ1) is 10.9. The first-order chi connectivity index (χ1) is 6.90. The van der Waals surface area contributed by atoms with Crippen LogP contribution in [-0.2, 0) is 4.79 Å². The number of allylic oxidation sites excluding steroid dienone is 2. The van der Waals surface area contributed by atoms with E-state index >= 15 is 0 Å². The van der Waals surface area contributed by atoms with Gasteiger partial charge >= 0.3 is 0 Å². The van der Waals surface area contributed by atoms with E-state index < -0.39 is 0 Å². The summed E-state index contributed by atoms with van der Waals surface area (Å²) in [5.41, 5.74) is 3.04. The van der Waals surface area contributed by atoms with Crippen LogP contribution < -0.4 is 0 Å². The van der Waals surface area contributed by atoms with Gasteiger partial charge in [-0.15, -0.1) is 0 Å². The second kappa shape index (κ2) is 3.47. The summed E-state index contributed by atoms with van der Waals surface area (Å²) in [6, 6.07) is 0. The van der Waals surface area contributed by atoms with Gasteiger partial charge < -0.3 is 0 Å². The van der Waals surface area contributed by atoms with Gasteiger partial charge in [0, 0.05) is 11.8 Å². The number of rotatable bonds is 0. The van der Waals surface area contributed by atoms with Crippen molar-refractivity contribution in [3.8, 4) is 0 Å². The van der Waals surface area contributed by atoms with Crippen molar-refractivity contribution in [1.82, 2.24) is 0 Å². The molecule has 84 valence electrons. The van der Waals surface area contributed by atoms with E-state index in [2.05, 4.69) is 27.7 Å². The van der Waals surface area contributed by atoms with Crippen molar-refractivity contribution in [1.29, 1.82) is 0 Å². The fraction of sp³-hybridized carbons (Fsp3) is 0.786. The summed E-state index contributed by atoms with van der Waals surface area (Å²) >= 11 is 0. The molecular formula is C14H22O. The standard InChI is InChI=1S/C14H22O/c1-9-5-11-7-13(15)14(3,4)8-12(11)6-10(9)2/h11-12H,5-8H2,1-4H3/t11-,12-/m0/s1. The van der Waals surface area contributed by atoms with Crippen LogP contribution in [0.5, 0.6) is 0 Å². The topological polar surface area (TPSA) is 17.1 Å². The molecule has 0 radical (unpaired) electrons. The molecule has 1 fully saturated rings. The molecule has 2 aliphatic carbocycles. The molecule has 0 aromatic rings. The highest BCUT2D eigenvalue weighted by Gasteiger charge is 2.42. The number of hydrogen-bond donors (Lipinski definition) is 0. The van der Waals surface area contributed by atoms with Crippen LogP contribution in [0.1, 0.15) is 53.4 Å². The van der Waals surface area contributed by atoms with Gasteiger partial charge in [-0.2, -0.15) is 0 Å². The van der Waals surface area contributed by atoms with Crippen LogP contribution in [0.3, 0.4) is 0 Å². The van der Waals surface area contributed by atoms with Crippen LogP contribution in [-0.4, -0.2) is 5.78 Å². The van der Waals surface area contributed by atoms with E-state index in [0.29, 0.717) is 11.7 Å². The highest BCUT2D eigenvalue weighted by atomic mass is 16.1. The fourth-order valence-corrected chi connectivity index (χ4v) is 3.23. The maximum atomic E-state index is 11.9. The van der Waals surface area contributed by atoms with Gasteiger partial charge in [-0.05, 0) is 44.9 Å². The number of fused-ring (bicyclic) bond motifs is 1. The lowest BCUT2D eigenvalue weighted by atomic mass is 9.61. The highest BCUT2D eigenvalue weighted by Crippen LogP contribution is 2.47. The SMILES string of the molecule is CC1=C(C)C[C@H]2CC(C)(C)C(=O)C[C@@H]2C1. The Morgan fingerprint density at radius 1 is 1.00 bits per heavy atom. The molecule has 0 heterocycles. The van der Waals surface area contributed by atoms with E-state index in [1.807, 2.05) is 0 Å². The Hall–Kier alpha value is -0.590. The van der Waals surface area contributed by atoms with Gasteiger partial charge in [-0.3, -0.25) is 4.79 Å². The summed E-state index contributed by atoms with van der Waals surface area (Å²) < 4.78 is 0. The van der Waals surface area contributed by atoms with Crippen LogP contribution >= 0.6 is 0 Å². The molecule has 0 aromatic carbocycles. The zero-order chi connectivity index (χ0) is 11.2. The molecule has 0 aromatic heterocycles. The Bertz CT molecular complexity index is 322. The lowest BCUT2D eigenvalue weighted by Crippen LogP contribution is -2.39. The van der Waals surface area contributed by atoms with Gasteiger partial charge in [0.1, 0.15) is 5.78 Å². The molecule has 2 aliphatic rings. The Labute approximate surface area is 92.9 Å². The Balaban J connectivity index is 2.20. The number of ketones is 1. The van der Waals surface area contributed by atoms with E-state index in [1.54, 1.807) is 5.57 Å². The first-order valence-corrected chi connectivity index (χ1v) is 6.08. The second-order valence-electron chi connectivity index (χ2n) is 6.20. The van der Waals surface area contributed by atoms with E-state index in [1.165, 1.54) is 18.4 Å². The monoisotopic (exact) mass is 206 g/mol. The summed E-state index contributed by atoms with van der Waals surface area (Å²) in [7, 11) is 0. The summed E-state index contributed by atoms with van der Waals surface area (Å²) in [5, 5.41) is 0. The fourth-order valence-electron chi connectivity index (χ4n) is 3.23. The quantitative estimate of drug-likeness (QED) is 0.552. The average Bonchev–Trinajstić information content (AvgIpc) is 2.11. The summed E-state index contributed by atoms with van der Waals surface area (Å²) in [6.07, 6.45) is 4.31. The first-order valence-electron chi connectivity index (χ1n) is 6.08. The van der Waals surface area contributed by atoms with Crippen molar-refractivity contribution >= 4 is 5.78 Å². The predicted octanol–water partition coefficient (Wildman–Crippen LogP) is 3.74. The minimum atomic E-state index is -0.0628. The lowest BCUT2D eigenvalue weighted by molar-refractivity contribution is -0.133. The molecule has 0 N–H and O–H groups in total. The molecule has 0 unspecified atom stereocenters. The van der Waals surface area contributed by atoms with Crippen LogP contribution in [0.25, 0.3) is 0 Å². The molecule has 2 rings (SSSR count). The molecule has 2 atom stereocenters. The predicted molar refractivity (Wildman–Crippen MR) is 62.6 cm³/mol. The van der Waals surface area contributed by atoms with Gasteiger partial charge in [0.05, 0.1) is 0 Å². The normalized spacial score (nSPS) is 35.3. The van der Waals surface area contributed by atoms with Crippen molar-refractivity contribution in [3.63, 3.8) is 0 Å². The van der Waals surface area contributed by atoms with Crippen LogP contribution in [0, 0.1) is 17.3 Å². The Kier molecular flexibility index (Phi) is 2.52. The number of carbonyl (C=O) groups excluding carboxylic acids is 1. The third kappa shape index (κ3) is 1.89. The summed E-state index contributed by atoms with van der Waals surface area (Å²) in [4.78, 5) is 11.9. The Morgan fingerprint density at radius 3 is 2.13 bits per heavy atom. The van der Waals surface area contributed by atoms with E-state index in [9.17, 15) is 4.79 Å². The van der Waals surface area contributed by atoms with Gasteiger partial charge in [-0.1, -0.05) is 25.0 Å². The minimum Gasteiger partial charge on any atom is -0.299 e. The largest absolute Gasteiger partial charge is 0.299 e. The Morgan fingerprint density at radius 2 is 1.53 bits per heavy atom. The van der Waals surface area contributed by atoms with Crippen molar-refractivity contribution in [2.75, 3.05) is 0 Å². The third-order valence-corrected chi connectivity index (χ3v) is 4.51. The highest BCUT2D eigenvalue weighted by molar-refractivity contribution is 5.85. The van der Waals surface area contributed by atoms with Crippen LogP contribution in [0.4, 0.5) is 0 Å². The van der Waals surface area contributed by atoms with Crippen molar-refractivity contribution in [2.24, 2.45) is 17.3 Å².